The number of halogens is 4. The third kappa shape index (κ3) is 5.32. The zero-order valence-electron chi connectivity index (χ0n) is 9.92. The number of hydrogen-bond donors (Lipinski definition) is 0. The van der Waals surface area contributed by atoms with Gasteiger partial charge in [0.05, 0.1) is 5.75 Å². The highest BCUT2D eigenvalue weighted by Crippen LogP contribution is 2.24. The van der Waals surface area contributed by atoms with Crippen LogP contribution < -0.4 is 0 Å². The Balaban J connectivity index is 2.40. The maximum atomic E-state index is 11.9. The Hall–Kier alpha value is -0.0100. The van der Waals surface area contributed by atoms with E-state index in [1.165, 1.54) is 4.31 Å². The first-order valence-corrected chi connectivity index (χ1v) is 7.99. The third-order valence-corrected chi connectivity index (χ3v) is 5.44. The molecular weight excluding hydrogens is 291 g/mol. The van der Waals surface area contributed by atoms with Gasteiger partial charge in [0.1, 0.15) is 0 Å². The second kappa shape index (κ2) is 6.43. The van der Waals surface area contributed by atoms with Gasteiger partial charge in [-0.2, -0.15) is 13.2 Å². The van der Waals surface area contributed by atoms with E-state index in [0.29, 0.717) is 37.7 Å². The molecule has 0 aromatic rings. The molecule has 0 saturated carbocycles. The fraction of sp³-hybridized carbons (Fsp3) is 1.00. The van der Waals surface area contributed by atoms with Crippen molar-refractivity contribution in [2.24, 2.45) is 5.92 Å². The molecule has 0 unspecified atom stereocenters. The van der Waals surface area contributed by atoms with Crippen LogP contribution in [0.4, 0.5) is 13.2 Å². The van der Waals surface area contributed by atoms with E-state index in [9.17, 15) is 21.6 Å². The van der Waals surface area contributed by atoms with Crippen molar-refractivity contribution in [2.75, 3.05) is 24.7 Å². The standard InChI is InChI=1S/C10H17ClF3NO2S/c11-8-9-2-5-15(6-3-9)18(16,17)7-1-4-10(12,13)14/h9H,1-8H2. The molecule has 1 aliphatic rings. The summed E-state index contributed by atoms with van der Waals surface area (Å²) >= 11 is 5.68. The normalized spacial score (nSPS) is 20.2. The third-order valence-electron chi connectivity index (χ3n) is 3.05. The Kier molecular flexibility index (Phi) is 5.73. The molecule has 18 heavy (non-hydrogen) atoms. The fourth-order valence-electron chi connectivity index (χ4n) is 1.93. The summed E-state index contributed by atoms with van der Waals surface area (Å²) in [5, 5.41) is 0. The molecule has 0 atom stereocenters. The summed E-state index contributed by atoms with van der Waals surface area (Å²) in [6.45, 7) is 0.734. The smallest absolute Gasteiger partial charge is 0.212 e. The van der Waals surface area contributed by atoms with E-state index in [4.69, 9.17) is 11.6 Å². The molecule has 1 aliphatic heterocycles. The van der Waals surface area contributed by atoms with Crippen LogP contribution in [0.1, 0.15) is 25.7 Å². The van der Waals surface area contributed by atoms with Crippen LogP contribution in [-0.2, 0) is 10.0 Å². The van der Waals surface area contributed by atoms with Gasteiger partial charge in [0, 0.05) is 25.4 Å². The van der Waals surface area contributed by atoms with Gasteiger partial charge in [0.15, 0.2) is 0 Å². The molecular formula is C10H17ClF3NO2S. The predicted octanol–water partition coefficient (Wildman–Crippen LogP) is 2.61. The quantitative estimate of drug-likeness (QED) is 0.732. The van der Waals surface area contributed by atoms with Crippen LogP contribution in [0.25, 0.3) is 0 Å². The molecule has 0 amide bonds. The van der Waals surface area contributed by atoms with E-state index in [1.54, 1.807) is 0 Å². The summed E-state index contributed by atoms with van der Waals surface area (Å²) in [5.74, 6) is 0.383. The molecule has 0 radical (unpaired) electrons. The van der Waals surface area contributed by atoms with Gasteiger partial charge >= 0.3 is 6.18 Å². The van der Waals surface area contributed by atoms with Crippen molar-refractivity contribution >= 4 is 21.6 Å². The lowest BCUT2D eigenvalue weighted by Gasteiger charge is -2.30. The first kappa shape index (κ1) is 16.0. The molecule has 0 aromatic heterocycles. The largest absolute Gasteiger partial charge is 0.389 e. The maximum Gasteiger partial charge on any atom is 0.389 e. The van der Waals surface area contributed by atoms with E-state index in [2.05, 4.69) is 0 Å². The predicted molar refractivity (Wildman–Crippen MR) is 64.1 cm³/mol. The Morgan fingerprint density at radius 3 is 2.22 bits per heavy atom. The van der Waals surface area contributed by atoms with Crippen molar-refractivity contribution < 1.29 is 21.6 Å². The molecule has 1 rings (SSSR count). The SMILES string of the molecule is O=S(=O)(CCCC(F)(F)F)N1CCC(CCl)CC1. The second-order valence-electron chi connectivity index (χ2n) is 4.53. The molecule has 0 aliphatic carbocycles. The fourth-order valence-corrected chi connectivity index (χ4v) is 3.77. The summed E-state index contributed by atoms with van der Waals surface area (Å²) in [6, 6.07) is 0. The molecule has 3 nitrogen and oxygen atoms in total. The van der Waals surface area contributed by atoms with Crippen molar-refractivity contribution in [1.82, 2.24) is 4.31 Å². The number of nitrogens with zero attached hydrogens (tertiary/aromatic N) is 1. The molecule has 108 valence electrons. The van der Waals surface area contributed by atoms with Crippen LogP contribution >= 0.6 is 11.6 Å². The molecule has 1 saturated heterocycles. The van der Waals surface area contributed by atoms with E-state index >= 15 is 0 Å². The Bertz CT molecular complexity index is 351. The van der Waals surface area contributed by atoms with Gasteiger partial charge in [0.25, 0.3) is 0 Å². The zero-order valence-corrected chi connectivity index (χ0v) is 11.5. The van der Waals surface area contributed by atoms with Crippen LogP contribution in [0.3, 0.4) is 0 Å². The number of piperidine rings is 1. The van der Waals surface area contributed by atoms with E-state index < -0.39 is 28.4 Å². The van der Waals surface area contributed by atoms with Crippen LogP contribution in [-0.4, -0.2) is 43.6 Å². The van der Waals surface area contributed by atoms with Gasteiger partial charge in [0.2, 0.25) is 10.0 Å². The highest BCUT2D eigenvalue weighted by Gasteiger charge is 2.30. The minimum Gasteiger partial charge on any atom is -0.212 e. The lowest BCUT2D eigenvalue weighted by molar-refractivity contribution is -0.134. The van der Waals surface area contributed by atoms with Crippen molar-refractivity contribution in [3.63, 3.8) is 0 Å². The molecule has 1 heterocycles. The Morgan fingerprint density at radius 1 is 1.22 bits per heavy atom. The van der Waals surface area contributed by atoms with Gasteiger partial charge in [-0.05, 0) is 25.2 Å². The average Bonchev–Trinajstić information content (AvgIpc) is 2.27. The first-order chi connectivity index (χ1) is 8.24. The topological polar surface area (TPSA) is 37.4 Å². The van der Waals surface area contributed by atoms with Gasteiger partial charge in [-0.25, -0.2) is 12.7 Å². The van der Waals surface area contributed by atoms with Crippen molar-refractivity contribution in [3.05, 3.63) is 0 Å². The molecule has 0 aromatic carbocycles. The van der Waals surface area contributed by atoms with E-state index in [1.807, 2.05) is 0 Å². The molecule has 0 bridgehead atoms. The Morgan fingerprint density at radius 2 is 1.78 bits per heavy atom. The lowest BCUT2D eigenvalue weighted by atomic mass is 10.0. The zero-order chi connectivity index (χ0) is 13.8. The van der Waals surface area contributed by atoms with Gasteiger partial charge in [-0.3, -0.25) is 0 Å². The van der Waals surface area contributed by atoms with Crippen molar-refractivity contribution in [2.45, 2.75) is 31.9 Å². The minimum atomic E-state index is -4.29. The summed E-state index contributed by atoms with van der Waals surface area (Å²) in [4.78, 5) is 0. The summed E-state index contributed by atoms with van der Waals surface area (Å²) < 4.78 is 60.7. The molecule has 1 fully saturated rings. The van der Waals surface area contributed by atoms with Crippen molar-refractivity contribution in [3.8, 4) is 0 Å². The number of hydrogen-bond acceptors (Lipinski definition) is 2. The number of rotatable bonds is 5. The van der Waals surface area contributed by atoms with Gasteiger partial charge in [-0.1, -0.05) is 0 Å². The summed E-state index contributed by atoms with van der Waals surface area (Å²) in [6.07, 6.45) is -4.35. The van der Waals surface area contributed by atoms with Gasteiger partial charge < -0.3 is 0 Å². The molecule has 0 N–H and O–H groups in total. The second-order valence-corrected chi connectivity index (χ2v) is 6.93. The van der Waals surface area contributed by atoms with E-state index in [0.717, 1.165) is 0 Å². The van der Waals surface area contributed by atoms with Crippen molar-refractivity contribution in [1.29, 1.82) is 0 Å². The molecule has 8 heteroatoms. The summed E-state index contributed by atoms with van der Waals surface area (Å²) in [7, 11) is -3.55. The van der Waals surface area contributed by atoms with Crippen LogP contribution in [0.15, 0.2) is 0 Å². The average molecular weight is 308 g/mol. The lowest BCUT2D eigenvalue weighted by Crippen LogP contribution is -2.40. The van der Waals surface area contributed by atoms with E-state index in [-0.39, 0.29) is 6.42 Å². The molecule has 0 spiro atoms. The van der Waals surface area contributed by atoms with Crippen LogP contribution in [0.2, 0.25) is 0 Å². The Labute approximate surface area is 110 Å². The monoisotopic (exact) mass is 307 g/mol. The number of alkyl halides is 4. The summed E-state index contributed by atoms with van der Waals surface area (Å²) in [5.41, 5.74) is 0. The highest BCUT2D eigenvalue weighted by atomic mass is 35.5. The van der Waals surface area contributed by atoms with Gasteiger partial charge in [-0.15, -0.1) is 11.6 Å². The highest BCUT2D eigenvalue weighted by molar-refractivity contribution is 7.89. The minimum absolute atomic E-state index is 0.313. The number of sulfonamides is 1. The first-order valence-electron chi connectivity index (χ1n) is 5.85. The van der Waals surface area contributed by atoms with Crippen LogP contribution in [0.5, 0.6) is 0 Å². The maximum absolute atomic E-state index is 11.9. The van der Waals surface area contributed by atoms with Crippen LogP contribution in [0, 0.1) is 5.92 Å².